The Balaban J connectivity index is 1.54. The molecular formula is C22H25NO2. The van der Waals surface area contributed by atoms with E-state index in [4.69, 9.17) is 0 Å². The van der Waals surface area contributed by atoms with Crippen LogP contribution in [0.2, 0.25) is 0 Å². The number of amides is 1. The molecule has 1 amide bonds. The summed E-state index contributed by atoms with van der Waals surface area (Å²) in [4.78, 5) is 24.6. The lowest BCUT2D eigenvalue weighted by molar-refractivity contribution is -0.121. The van der Waals surface area contributed by atoms with Crippen LogP contribution in [-0.4, -0.2) is 11.7 Å². The van der Waals surface area contributed by atoms with E-state index in [9.17, 15) is 9.59 Å². The van der Waals surface area contributed by atoms with Gasteiger partial charge >= 0.3 is 0 Å². The first-order valence-corrected chi connectivity index (χ1v) is 9.16. The summed E-state index contributed by atoms with van der Waals surface area (Å²) >= 11 is 0. The maximum atomic E-state index is 12.3. The quantitative estimate of drug-likeness (QED) is 0.795. The Labute approximate surface area is 149 Å². The Hall–Kier alpha value is -2.42. The van der Waals surface area contributed by atoms with Gasteiger partial charge in [-0.05, 0) is 42.4 Å². The standard InChI is InChI=1S/C22H25NO2/c1-2-16-10-12-18(13-11-16)21(24)14-15-22(25)23-20-9-5-7-17-6-3-4-8-19(17)20/h3-4,6,8,10-13,20H,2,5,7,9,14-15H2,1H3,(H,23,25). The van der Waals surface area contributed by atoms with Crippen LogP contribution < -0.4 is 5.32 Å². The van der Waals surface area contributed by atoms with Gasteiger partial charge in [-0.1, -0.05) is 55.5 Å². The summed E-state index contributed by atoms with van der Waals surface area (Å²) < 4.78 is 0. The van der Waals surface area contributed by atoms with Gasteiger partial charge in [0.1, 0.15) is 0 Å². The molecule has 0 radical (unpaired) electrons. The molecule has 1 aliphatic carbocycles. The zero-order valence-electron chi connectivity index (χ0n) is 14.8. The fourth-order valence-electron chi connectivity index (χ4n) is 3.47. The molecule has 0 aromatic heterocycles. The molecule has 3 nitrogen and oxygen atoms in total. The molecule has 1 unspecified atom stereocenters. The molecule has 1 aliphatic rings. The maximum absolute atomic E-state index is 12.3. The summed E-state index contributed by atoms with van der Waals surface area (Å²) in [6.45, 7) is 2.09. The van der Waals surface area contributed by atoms with Crippen LogP contribution in [0.3, 0.4) is 0 Å². The minimum absolute atomic E-state index is 0.0295. The number of nitrogens with one attached hydrogen (secondary N) is 1. The van der Waals surface area contributed by atoms with E-state index < -0.39 is 0 Å². The lowest BCUT2D eigenvalue weighted by atomic mass is 9.87. The monoisotopic (exact) mass is 335 g/mol. The van der Waals surface area contributed by atoms with Gasteiger partial charge in [-0.15, -0.1) is 0 Å². The second-order valence-corrected chi connectivity index (χ2v) is 6.68. The van der Waals surface area contributed by atoms with E-state index in [1.165, 1.54) is 16.7 Å². The van der Waals surface area contributed by atoms with Crippen LogP contribution in [0, 0.1) is 0 Å². The SMILES string of the molecule is CCc1ccc(C(=O)CCC(=O)NC2CCCc3ccccc32)cc1. The molecule has 2 aromatic carbocycles. The van der Waals surface area contributed by atoms with E-state index in [0.717, 1.165) is 25.7 Å². The fraction of sp³-hybridized carbons (Fsp3) is 0.364. The number of Topliss-reactive ketones (excluding diaryl/α,β-unsaturated/α-hetero) is 1. The van der Waals surface area contributed by atoms with Gasteiger partial charge in [-0.2, -0.15) is 0 Å². The van der Waals surface area contributed by atoms with Gasteiger partial charge in [0.2, 0.25) is 5.91 Å². The van der Waals surface area contributed by atoms with E-state index >= 15 is 0 Å². The third kappa shape index (κ3) is 4.36. The topological polar surface area (TPSA) is 46.2 Å². The molecule has 2 aromatic rings. The number of rotatable bonds is 6. The van der Waals surface area contributed by atoms with Crippen molar-refractivity contribution in [2.45, 2.75) is 51.5 Å². The van der Waals surface area contributed by atoms with Gasteiger partial charge in [0.05, 0.1) is 6.04 Å². The predicted molar refractivity (Wildman–Crippen MR) is 99.6 cm³/mol. The van der Waals surface area contributed by atoms with Gasteiger partial charge in [0.15, 0.2) is 5.78 Å². The summed E-state index contributed by atoms with van der Waals surface area (Å²) in [5.74, 6) is -0.0120. The van der Waals surface area contributed by atoms with Crippen LogP contribution in [0.5, 0.6) is 0 Å². The minimum atomic E-state index is -0.0415. The normalized spacial score (nSPS) is 16.1. The van der Waals surface area contributed by atoms with E-state index in [0.29, 0.717) is 5.56 Å². The molecule has 0 fully saturated rings. The van der Waals surface area contributed by atoms with Gasteiger partial charge < -0.3 is 5.32 Å². The average molecular weight is 335 g/mol. The Morgan fingerprint density at radius 1 is 1.04 bits per heavy atom. The van der Waals surface area contributed by atoms with Gasteiger partial charge in [-0.25, -0.2) is 0 Å². The number of benzene rings is 2. The van der Waals surface area contributed by atoms with Crippen molar-refractivity contribution in [3.05, 3.63) is 70.8 Å². The van der Waals surface area contributed by atoms with Crippen molar-refractivity contribution in [1.82, 2.24) is 5.32 Å². The molecular weight excluding hydrogens is 310 g/mol. The van der Waals surface area contributed by atoms with Crippen molar-refractivity contribution in [3.8, 4) is 0 Å². The first-order valence-electron chi connectivity index (χ1n) is 9.16. The number of carbonyl (C=O) groups is 2. The van der Waals surface area contributed by atoms with Crippen molar-refractivity contribution in [3.63, 3.8) is 0 Å². The molecule has 1 atom stereocenters. The largest absolute Gasteiger partial charge is 0.349 e. The maximum Gasteiger partial charge on any atom is 0.220 e. The number of hydrogen-bond donors (Lipinski definition) is 1. The summed E-state index contributed by atoms with van der Waals surface area (Å²) in [5, 5.41) is 3.11. The molecule has 0 bridgehead atoms. The van der Waals surface area contributed by atoms with Crippen molar-refractivity contribution >= 4 is 11.7 Å². The Morgan fingerprint density at radius 3 is 2.56 bits per heavy atom. The van der Waals surface area contributed by atoms with Crippen LogP contribution in [0.4, 0.5) is 0 Å². The Morgan fingerprint density at radius 2 is 1.80 bits per heavy atom. The molecule has 0 saturated heterocycles. The van der Waals surface area contributed by atoms with E-state index in [2.05, 4.69) is 24.4 Å². The molecule has 130 valence electrons. The molecule has 1 N–H and O–H groups in total. The summed E-state index contributed by atoms with van der Waals surface area (Å²) in [5.41, 5.74) is 4.45. The van der Waals surface area contributed by atoms with Crippen molar-refractivity contribution in [2.75, 3.05) is 0 Å². The highest BCUT2D eigenvalue weighted by molar-refractivity contribution is 5.98. The molecule has 0 heterocycles. The minimum Gasteiger partial charge on any atom is -0.349 e. The van der Waals surface area contributed by atoms with Crippen LogP contribution in [0.25, 0.3) is 0 Å². The number of carbonyl (C=O) groups excluding carboxylic acids is 2. The zero-order chi connectivity index (χ0) is 17.6. The first kappa shape index (κ1) is 17.4. The molecule has 0 saturated carbocycles. The highest BCUT2D eigenvalue weighted by Crippen LogP contribution is 2.29. The Bertz CT molecular complexity index is 749. The van der Waals surface area contributed by atoms with Crippen LogP contribution in [-0.2, 0) is 17.6 Å². The summed E-state index contributed by atoms with van der Waals surface area (Å²) in [6.07, 6.45) is 4.59. The molecule has 3 rings (SSSR count). The summed E-state index contributed by atoms with van der Waals surface area (Å²) in [7, 11) is 0. The lowest BCUT2D eigenvalue weighted by Gasteiger charge is -2.26. The van der Waals surface area contributed by atoms with E-state index in [-0.39, 0.29) is 30.6 Å². The van der Waals surface area contributed by atoms with Crippen LogP contribution in [0.15, 0.2) is 48.5 Å². The van der Waals surface area contributed by atoms with Gasteiger partial charge in [-0.3, -0.25) is 9.59 Å². The second-order valence-electron chi connectivity index (χ2n) is 6.68. The van der Waals surface area contributed by atoms with Crippen LogP contribution in [0.1, 0.15) is 65.7 Å². The molecule has 0 spiro atoms. The van der Waals surface area contributed by atoms with Gasteiger partial charge in [0, 0.05) is 18.4 Å². The van der Waals surface area contributed by atoms with Crippen molar-refractivity contribution < 1.29 is 9.59 Å². The van der Waals surface area contributed by atoms with E-state index in [1.54, 1.807) is 0 Å². The highest BCUT2D eigenvalue weighted by atomic mass is 16.2. The zero-order valence-corrected chi connectivity index (χ0v) is 14.8. The third-order valence-electron chi connectivity index (χ3n) is 4.97. The third-order valence-corrected chi connectivity index (χ3v) is 4.97. The highest BCUT2D eigenvalue weighted by Gasteiger charge is 2.21. The van der Waals surface area contributed by atoms with Gasteiger partial charge in [0.25, 0.3) is 0 Å². The second kappa shape index (κ2) is 8.11. The predicted octanol–water partition coefficient (Wildman–Crippen LogP) is 4.41. The van der Waals surface area contributed by atoms with Crippen molar-refractivity contribution in [1.29, 1.82) is 0 Å². The smallest absolute Gasteiger partial charge is 0.220 e. The molecule has 25 heavy (non-hydrogen) atoms. The number of hydrogen-bond acceptors (Lipinski definition) is 2. The van der Waals surface area contributed by atoms with Crippen LogP contribution >= 0.6 is 0 Å². The summed E-state index contributed by atoms with van der Waals surface area (Å²) in [6, 6.07) is 16.1. The molecule has 0 aliphatic heterocycles. The number of ketones is 1. The van der Waals surface area contributed by atoms with E-state index in [1.807, 2.05) is 36.4 Å². The number of fused-ring (bicyclic) bond motifs is 1. The van der Waals surface area contributed by atoms with Crippen molar-refractivity contribution in [2.24, 2.45) is 0 Å². The first-order chi connectivity index (χ1) is 12.2. The lowest BCUT2D eigenvalue weighted by Crippen LogP contribution is -2.31. The fourth-order valence-corrected chi connectivity index (χ4v) is 3.47. The average Bonchev–Trinajstić information content (AvgIpc) is 2.66. The number of aryl methyl sites for hydroxylation is 2. The Kier molecular flexibility index (Phi) is 5.64. The molecule has 3 heteroatoms.